The van der Waals surface area contributed by atoms with Gasteiger partial charge in [0.25, 0.3) is 0 Å². The third kappa shape index (κ3) is 7.68. The maximum Gasteiger partial charge on any atom is 0.246 e. The van der Waals surface area contributed by atoms with Crippen molar-refractivity contribution in [3.8, 4) is 5.75 Å². The Kier molecular flexibility index (Phi) is 9.42. The summed E-state index contributed by atoms with van der Waals surface area (Å²) in [5, 5.41) is 5.49. The van der Waals surface area contributed by atoms with Gasteiger partial charge in [-0.15, -0.1) is 24.0 Å². The van der Waals surface area contributed by atoms with Crippen molar-refractivity contribution in [2.75, 3.05) is 25.5 Å². The van der Waals surface area contributed by atoms with Crippen molar-refractivity contribution in [3.05, 3.63) is 59.9 Å². The molecule has 1 amide bonds. The Labute approximate surface area is 169 Å². The van der Waals surface area contributed by atoms with Gasteiger partial charge in [0, 0.05) is 12.2 Å². The van der Waals surface area contributed by atoms with E-state index in [-0.39, 0.29) is 42.4 Å². The van der Waals surface area contributed by atoms with Crippen LogP contribution in [0.4, 0.5) is 10.1 Å². The first kappa shape index (κ1) is 21.7. The minimum atomic E-state index is -0.416. The Balaban J connectivity index is 0.00000338. The average molecular weight is 472 g/mol. The van der Waals surface area contributed by atoms with Crippen LogP contribution in [0.15, 0.2) is 53.5 Å². The van der Waals surface area contributed by atoms with Gasteiger partial charge in [-0.25, -0.2) is 9.38 Å². The molecule has 0 radical (unpaired) electrons. The molecule has 2 aromatic rings. The van der Waals surface area contributed by atoms with E-state index in [0.717, 1.165) is 17.7 Å². The van der Waals surface area contributed by atoms with Crippen LogP contribution in [0.3, 0.4) is 0 Å². The molecule has 0 spiro atoms. The molecular formula is C18H22FIN4O2. The Morgan fingerprint density at radius 1 is 1.23 bits per heavy atom. The fraction of sp³-hybridized carbons (Fsp3) is 0.222. The average Bonchev–Trinajstić information content (AvgIpc) is 2.60. The highest BCUT2D eigenvalue weighted by atomic mass is 127. The van der Waals surface area contributed by atoms with E-state index >= 15 is 0 Å². The van der Waals surface area contributed by atoms with Crippen LogP contribution in [-0.2, 0) is 11.2 Å². The highest BCUT2D eigenvalue weighted by Crippen LogP contribution is 2.11. The van der Waals surface area contributed by atoms with Crippen LogP contribution in [0.5, 0.6) is 5.75 Å². The lowest BCUT2D eigenvalue weighted by atomic mass is 10.1. The Hall–Kier alpha value is -2.36. The number of benzene rings is 2. The standard InChI is InChI=1S/C18H21FN4O2.HI/c1-25-16-7-5-13(6-8-16)9-10-21-18(20)22-12-17(24)23-15-4-2-3-14(19)11-15;/h2-8,11H,9-10,12H2,1H3,(H,23,24)(H3,20,21,22);1H. The van der Waals surface area contributed by atoms with E-state index in [0.29, 0.717) is 12.2 Å². The molecule has 0 bridgehead atoms. The number of carbonyl (C=O) groups excluding carboxylic acids is 1. The zero-order valence-corrected chi connectivity index (χ0v) is 16.7. The summed E-state index contributed by atoms with van der Waals surface area (Å²) in [4.78, 5) is 15.7. The summed E-state index contributed by atoms with van der Waals surface area (Å²) in [5.41, 5.74) is 7.24. The van der Waals surface area contributed by atoms with Crippen LogP contribution in [0, 0.1) is 5.82 Å². The van der Waals surface area contributed by atoms with Gasteiger partial charge in [0.1, 0.15) is 18.1 Å². The van der Waals surface area contributed by atoms with Crippen molar-refractivity contribution in [1.29, 1.82) is 0 Å². The molecule has 0 saturated carbocycles. The third-order valence-corrected chi connectivity index (χ3v) is 3.38. The summed E-state index contributed by atoms with van der Waals surface area (Å²) in [6.07, 6.45) is 0.760. The third-order valence-electron chi connectivity index (χ3n) is 3.38. The van der Waals surface area contributed by atoms with Gasteiger partial charge in [-0.1, -0.05) is 18.2 Å². The number of ether oxygens (including phenoxy) is 1. The number of nitrogens with two attached hydrogens (primary N) is 1. The number of aliphatic imine (C=N–C) groups is 1. The van der Waals surface area contributed by atoms with Crippen molar-refractivity contribution < 1.29 is 13.9 Å². The first-order chi connectivity index (χ1) is 12.1. The molecule has 2 rings (SSSR count). The molecule has 0 aliphatic rings. The summed E-state index contributed by atoms with van der Waals surface area (Å²) >= 11 is 0. The largest absolute Gasteiger partial charge is 0.497 e. The van der Waals surface area contributed by atoms with Gasteiger partial charge < -0.3 is 21.1 Å². The fourth-order valence-corrected chi connectivity index (χ4v) is 2.11. The molecule has 6 nitrogen and oxygen atoms in total. The van der Waals surface area contributed by atoms with E-state index in [9.17, 15) is 9.18 Å². The molecule has 0 atom stereocenters. The molecule has 26 heavy (non-hydrogen) atoms. The van der Waals surface area contributed by atoms with Crippen LogP contribution in [0.2, 0.25) is 0 Å². The van der Waals surface area contributed by atoms with Gasteiger partial charge in [-0.05, 0) is 42.3 Å². The lowest BCUT2D eigenvalue weighted by Crippen LogP contribution is -2.34. The number of hydrogen-bond acceptors (Lipinski definition) is 3. The summed E-state index contributed by atoms with van der Waals surface area (Å²) < 4.78 is 18.1. The molecule has 0 aromatic heterocycles. The zero-order valence-electron chi connectivity index (χ0n) is 14.4. The first-order valence-corrected chi connectivity index (χ1v) is 7.79. The van der Waals surface area contributed by atoms with Crippen molar-refractivity contribution >= 4 is 41.5 Å². The zero-order chi connectivity index (χ0) is 18.1. The maximum atomic E-state index is 13.0. The molecule has 140 valence electrons. The summed E-state index contributed by atoms with van der Waals surface area (Å²) in [6.45, 7) is 0.449. The number of carbonyl (C=O) groups is 1. The van der Waals surface area contributed by atoms with Crippen molar-refractivity contribution in [2.45, 2.75) is 6.42 Å². The Bertz CT molecular complexity index is 738. The second-order valence-corrected chi connectivity index (χ2v) is 5.28. The monoisotopic (exact) mass is 472 g/mol. The van der Waals surface area contributed by atoms with Crippen molar-refractivity contribution in [1.82, 2.24) is 5.32 Å². The molecule has 0 aliphatic heterocycles. The number of anilines is 1. The number of rotatable bonds is 7. The smallest absolute Gasteiger partial charge is 0.246 e. The molecule has 0 saturated heterocycles. The van der Waals surface area contributed by atoms with Crippen LogP contribution in [0.1, 0.15) is 5.56 Å². The minimum absolute atomic E-state index is 0. The second-order valence-electron chi connectivity index (χ2n) is 5.28. The molecule has 0 fully saturated rings. The number of methoxy groups -OCH3 is 1. The number of guanidine groups is 1. The maximum absolute atomic E-state index is 13.0. The van der Waals surface area contributed by atoms with Gasteiger partial charge in [-0.2, -0.15) is 0 Å². The normalized spacial score (nSPS) is 10.6. The Morgan fingerprint density at radius 2 is 1.96 bits per heavy atom. The molecule has 0 heterocycles. The van der Waals surface area contributed by atoms with Crippen LogP contribution in [0.25, 0.3) is 0 Å². The van der Waals surface area contributed by atoms with Gasteiger partial charge in [0.2, 0.25) is 5.91 Å². The molecule has 2 aromatic carbocycles. The highest BCUT2D eigenvalue weighted by molar-refractivity contribution is 14.0. The van der Waals surface area contributed by atoms with Crippen LogP contribution < -0.4 is 21.1 Å². The van der Waals surface area contributed by atoms with E-state index in [1.54, 1.807) is 13.2 Å². The molecule has 8 heteroatoms. The van der Waals surface area contributed by atoms with E-state index in [1.807, 2.05) is 24.3 Å². The van der Waals surface area contributed by atoms with Gasteiger partial charge >= 0.3 is 0 Å². The topological polar surface area (TPSA) is 88.7 Å². The predicted octanol–water partition coefficient (Wildman–Crippen LogP) is 2.54. The first-order valence-electron chi connectivity index (χ1n) is 7.79. The van der Waals surface area contributed by atoms with E-state index in [4.69, 9.17) is 10.5 Å². The summed E-state index contributed by atoms with van der Waals surface area (Å²) in [5.74, 6) is 0.205. The number of nitrogens with one attached hydrogen (secondary N) is 2. The van der Waals surface area contributed by atoms with Gasteiger partial charge in [0.15, 0.2) is 5.96 Å². The summed E-state index contributed by atoms with van der Waals surface area (Å²) in [7, 11) is 1.62. The fourth-order valence-electron chi connectivity index (χ4n) is 2.11. The number of halogens is 2. The van der Waals surface area contributed by atoms with E-state index in [1.165, 1.54) is 18.2 Å². The van der Waals surface area contributed by atoms with Crippen molar-refractivity contribution in [2.24, 2.45) is 10.7 Å². The van der Waals surface area contributed by atoms with E-state index in [2.05, 4.69) is 15.6 Å². The highest BCUT2D eigenvalue weighted by Gasteiger charge is 2.03. The second kappa shape index (κ2) is 11.3. The molecule has 0 aliphatic carbocycles. The lowest BCUT2D eigenvalue weighted by Gasteiger charge is -2.07. The minimum Gasteiger partial charge on any atom is -0.497 e. The van der Waals surface area contributed by atoms with Crippen LogP contribution >= 0.6 is 24.0 Å². The van der Waals surface area contributed by atoms with Gasteiger partial charge in [0.05, 0.1) is 7.11 Å². The number of hydrogen-bond donors (Lipinski definition) is 3. The van der Waals surface area contributed by atoms with Crippen LogP contribution in [-0.4, -0.2) is 32.1 Å². The molecule has 4 N–H and O–H groups in total. The molecular weight excluding hydrogens is 450 g/mol. The van der Waals surface area contributed by atoms with E-state index < -0.39 is 5.82 Å². The van der Waals surface area contributed by atoms with Gasteiger partial charge in [-0.3, -0.25) is 4.79 Å². The molecule has 0 unspecified atom stereocenters. The quantitative estimate of drug-likeness (QED) is 0.329. The summed E-state index contributed by atoms with van der Waals surface area (Å²) in [6, 6.07) is 13.4. The number of nitrogens with zero attached hydrogens (tertiary/aromatic N) is 1. The Morgan fingerprint density at radius 3 is 2.62 bits per heavy atom. The SMILES string of the molecule is COc1ccc(CCNC(N)=NCC(=O)Nc2cccc(F)c2)cc1.I. The predicted molar refractivity (Wildman–Crippen MR) is 112 cm³/mol. The van der Waals surface area contributed by atoms with Crippen molar-refractivity contribution in [3.63, 3.8) is 0 Å². The number of amides is 1. The lowest BCUT2D eigenvalue weighted by molar-refractivity contribution is -0.114.